The maximum atomic E-state index is 4.64. The first-order valence-electron chi connectivity index (χ1n) is 10.6. The van der Waals surface area contributed by atoms with Crippen molar-refractivity contribution in [2.45, 2.75) is 0 Å². The van der Waals surface area contributed by atoms with Crippen LogP contribution in [0.1, 0.15) is 11.1 Å². The molecule has 0 fully saturated rings. The summed E-state index contributed by atoms with van der Waals surface area (Å²) in [6.07, 6.45) is 8.35. The molecule has 6 rings (SSSR count). The maximum Gasteiger partial charge on any atom is 0.0124 e. The zero-order valence-corrected chi connectivity index (χ0v) is 20.1. The van der Waals surface area contributed by atoms with Gasteiger partial charge in [-0.05, 0) is 47.8 Å². The zero-order valence-electron chi connectivity index (χ0n) is 17.9. The molecule has 0 unspecified atom stereocenters. The van der Waals surface area contributed by atoms with Crippen molar-refractivity contribution >= 4 is 34.9 Å². The Morgan fingerprint density at radius 1 is 0.485 bits per heavy atom. The molecule has 3 nitrogen and oxygen atoms in total. The standard InChI is InChI=1S/C15H13N2.C14H10N.Au/c1-3-7-14(8-4-1)16-11-12-17(13-16)15-9-5-2-6-10-15;1-3-7-13-11(5-1)9-10-12-6-2-4-8-14(12)15-13;/h1-13H;1-10H;/q2*-1;. The summed E-state index contributed by atoms with van der Waals surface area (Å²) in [5.41, 5.74) is 6.77. The molecule has 0 bridgehead atoms. The zero-order chi connectivity index (χ0) is 21.6. The summed E-state index contributed by atoms with van der Waals surface area (Å²) in [5.74, 6) is 0. The third-order valence-corrected chi connectivity index (χ3v) is 5.30. The summed E-state index contributed by atoms with van der Waals surface area (Å²) in [7, 11) is 0. The number of para-hydroxylation sites is 4. The maximum absolute atomic E-state index is 4.64. The number of benzene rings is 4. The Morgan fingerprint density at radius 3 is 1.33 bits per heavy atom. The molecular weight excluding hydrogens is 587 g/mol. The molecule has 0 amide bonds. The van der Waals surface area contributed by atoms with Crippen LogP contribution in [0.2, 0.25) is 0 Å². The van der Waals surface area contributed by atoms with Gasteiger partial charge in [-0.15, -0.1) is 18.0 Å². The first-order chi connectivity index (χ1) is 15.9. The van der Waals surface area contributed by atoms with Gasteiger partial charge in [0.1, 0.15) is 0 Å². The van der Waals surface area contributed by atoms with Crippen LogP contribution in [0.3, 0.4) is 0 Å². The van der Waals surface area contributed by atoms with Crippen LogP contribution >= 0.6 is 0 Å². The largest absolute Gasteiger partial charge is 0.657 e. The van der Waals surface area contributed by atoms with Gasteiger partial charge in [-0.3, -0.25) is 0 Å². The minimum Gasteiger partial charge on any atom is -0.657 e. The Bertz CT molecular complexity index is 1140. The first kappa shape index (κ1) is 22.7. The predicted octanol–water partition coefficient (Wildman–Crippen LogP) is 8.11. The van der Waals surface area contributed by atoms with Gasteiger partial charge in [0, 0.05) is 33.8 Å². The Morgan fingerprint density at radius 2 is 0.879 bits per heavy atom. The summed E-state index contributed by atoms with van der Waals surface area (Å²) in [4.78, 5) is 4.21. The van der Waals surface area contributed by atoms with Crippen molar-refractivity contribution in [3.63, 3.8) is 0 Å². The van der Waals surface area contributed by atoms with Gasteiger partial charge >= 0.3 is 0 Å². The third-order valence-electron chi connectivity index (χ3n) is 5.30. The first-order valence-corrected chi connectivity index (χ1v) is 10.6. The second-order valence-corrected chi connectivity index (χ2v) is 7.46. The summed E-state index contributed by atoms with van der Waals surface area (Å²) in [5, 5.41) is 4.64. The number of hydrogen-bond donors (Lipinski definition) is 0. The Kier molecular flexibility index (Phi) is 7.48. The molecule has 2 heterocycles. The van der Waals surface area contributed by atoms with E-state index in [9.17, 15) is 0 Å². The number of anilines is 2. The van der Waals surface area contributed by atoms with Crippen LogP contribution in [-0.2, 0) is 22.4 Å². The predicted molar refractivity (Wildman–Crippen MR) is 136 cm³/mol. The van der Waals surface area contributed by atoms with Gasteiger partial charge < -0.3 is 15.1 Å². The van der Waals surface area contributed by atoms with Crippen molar-refractivity contribution in [3.8, 4) is 0 Å². The van der Waals surface area contributed by atoms with Crippen LogP contribution < -0.4 is 9.80 Å². The summed E-state index contributed by atoms with van der Waals surface area (Å²) >= 11 is 0. The molecule has 4 heteroatoms. The van der Waals surface area contributed by atoms with E-state index < -0.39 is 0 Å². The molecule has 167 valence electrons. The van der Waals surface area contributed by atoms with Gasteiger partial charge in [0.05, 0.1) is 0 Å². The van der Waals surface area contributed by atoms with Gasteiger partial charge in [0.25, 0.3) is 0 Å². The van der Waals surface area contributed by atoms with Gasteiger partial charge in [-0.25, -0.2) is 0 Å². The Balaban J connectivity index is 0.000000153. The van der Waals surface area contributed by atoms with Crippen molar-refractivity contribution in [1.29, 1.82) is 0 Å². The average molecular weight is 610 g/mol. The fourth-order valence-electron chi connectivity index (χ4n) is 3.63. The molecule has 1 radical (unpaired) electrons. The van der Waals surface area contributed by atoms with Crippen molar-refractivity contribution in [1.82, 2.24) is 0 Å². The third kappa shape index (κ3) is 5.47. The summed E-state index contributed by atoms with van der Waals surface area (Å²) < 4.78 is 0. The van der Waals surface area contributed by atoms with Crippen LogP contribution in [0.25, 0.3) is 17.5 Å². The molecular formula is C29H23AuN3-2. The quantitative estimate of drug-likeness (QED) is 0.149. The van der Waals surface area contributed by atoms with Crippen LogP contribution in [0, 0.1) is 6.67 Å². The molecule has 4 aromatic rings. The van der Waals surface area contributed by atoms with Crippen LogP contribution in [-0.4, -0.2) is 0 Å². The molecule has 0 atom stereocenters. The van der Waals surface area contributed by atoms with Crippen LogP contribution in [0.5, 0.6) is 0 Å². The van der Waals surface area contributed by atoms with E-state index in [0.717, 1.165) is 11.4 Å². The van der Waals surface area contributed by atoms with Crippen molar-refractivity contribution in [2.24, 2.45) is 0 Å². The van der Waals surface area contributed by atoms with Gasteiger partial charge in [-0.1, -0.05) is 97.1 Å². The van der Waals surface area contributed by atoms with E-state index in [4.69, 9.17) is 0 Å². The van der Waals surface area contributed by atoms with Crippen molar-refractivity contribution in [2.75, 3.05) is 9.80 Å². The topological polar surface area (TPSA) is 20.6 Å². The van der Waals surface area contributed by atoms with Crippen LogP contribution in [0.15, 0.2) is 122 Å². The summed E-state index contributed by atoms with van der Waals surface area (Å²) in [6.45, 7) is 2.07. The Hall–Kier alpha value is -3.50. The van der Waals surface area contributed by atoms with Crippen LogP contribution in [0.4, 0.5) is 22.7 Å². The molecule has 0 saturated carbocycles. The molecule has 4 aromatic carbocycles. The molecule has 2 aliphatic rings. The van der Waals surface area contributed by atoms with E-state index >= 15 is 0 Å². The van der Waals surface area contributed by atoms with Gasteiger partial charge in [0.15, 0.2) is 0 Å². The molecule has 0 spiro atoms. The van der Waals surface area contributed by atoms with Crippen molar-refractivity contribution in [3.05, 3.63) is 145 Å². The van der Waals surface area contributed by atoms with Gasteiger partial charge in [0.2, 0.25) is 0 Å². The molecule has 0 N–H and O–H groups in total. The Labute approximate surface area is 211 Å². The molecule has 2 aliphatic heterocycles. The number of fused-ring (bicyclic) bond motifs is 2. The van der Waals surface area contributed by atoms with E-state index in [1.807, 2.05) is 72.8 Å². The molecule has 33 heavy (non-hydrogen) atoms. The van der Waals surface area contributed by atoms with Crippen molar-refractivity contribution < 1.29 is 22.4 Å². The van der Waals surface area contributed by atoms with E-state index in [2.05, 4.69) is 82.7 Å². The number of rotatable bonds is 2. The molecule has 0 aliphatic carbocycles. The molecule has 0 saturated heterocycles. The fraction of sp³-hybridized carbons (Fsp3) is 0. The van der Waals surface area contributed by atoms with E-state index in [-0.39, 0.29) is 22.4 Å². The average Bonchev–Trinajstić information content (AvgIpc) is 3.28. The second kappa shape index (κ2) is 10.9. The number of nitrogens with zero attached hydrogens (tertiary/aromatic N) is 3. The SMILES string of the molecule is C1=CN(c2ccccc2)[CH-]N1c1ccccc1.C1=Cc2ccccc2[N-]c2ccccc21.[Au]. The number of hydrogen-bond acceptors (Lipinski definition) is 2. The summed E-state index contributed by atoms with van der Waals surface area (Å²) in [6, 6.07) is 37.0. The monoisotopic (exact) mass is 610 g/mol. The fourth-order valence-corrected chi connectivity index (χ4v) is 3.63. The second-order valence-electron chi connectivity index (χ2n) is 7.46. The molecule has 0 aromatic heterocycles. The smallest absolute Gasteiger partial charge is 0.0124 e. The minimum atomic E-state index is 0. The van der Waals surface area contributed by atoms with E-state index in [1.54, 1.807) is 0 Å². The van der Waals surface area contributed by atoms with E-state index in [0.29, 0.717) is 0 Å². The normalized spacial score (nSPS) is 13.0. The van der Waals surface area contributed by atoms with E-state index in [1.165, 1.54) is 22.5 Å². The van der Waals surface area contributed by atoms with Gasteiger partial charge in [-0.2, -0.15) is 0 Å². The minimum absolute atomic E-state index is 0.